The van der Waals surface area contributed by atoms with Gasteiger partial charge in [0.25, 0.3) is 5.91 Å². The number of carbonyl (C=O) groups excluding carboxylic acids is 3. The predicted molar refractivity (Wildman–Crippen MR) is 96.1 cm³/mol. The summed E-state index contributed by atoms with van der Waals surface area (Å²) in [5, 5.41) is 5.78. The Bertz CT molecular complexity index is 602. The Hall–Kier alpha value is -1.76. The maximum atomic E-state index is 12.4. The molecule has 24 heavy (non-hydrogen) atoms. The van der Waals surface area contributed by atoms with Gasteiger partial charge in [-0.1, -0.05) is 48.0 Å². The van der Waals surface area contributed by atoms with E-state index in [1.54, 1.807) is 27.0 Å². The van der Waals surface area contributed by atoms with E-state index in [4.69, 9.17) is 0 Å². The molecule has 2 amide bonds. The Labute approximate surface area is 147 Å². The van der Waals surface area contributed by atoms with E-state index in [2.05, 4.69) is 29.5 Å². The first-order chi connectivity index (χ1) is 11.1. The number of aromatic nitrogens is 1. The number of Topliss-reactive ketones (excluding diaryl/α,β-unsaturated/α-hetero) is 1. The van der Waals surface area contributed by atoms with Crippen LogP contribution < -0.4 is 10.6 Å². The van der Waals surface area contributed by atoms with Crippen molar-refractivity contribution in [3.8, 4) is 0 Å². The Morgan fingerprint density at radius 3 is 2.33 bits per heavy atom. The first kappa shape index (κ1) is 20.3. The molecular formula is C17H27N3O3S. The minimum atomic E-state index is -0.779. The number of thiazole rings is 1. The largest absolute Gasteiger partial charge is 0.338 e. The summed E-state index contributed by atoms with van der Waals surface area (Å²) in [5.41, 5.74) is -0.779. The molecule has 0 aliphatic rings. The first-order valence-corrected chi connectivity index (χ1v) is 8.99. The van der Waals surface area contributed by atoms with Crippen molar-refractivity contribution in [2.75, 3.05) is 5.32 Å². The molecule has 1 rings (SSSR count). The van der Waals surface area contributed by atoms with Gasteiger partial charge in [-0.2, -0.15) is 0 Å². The van der Waals surface area contributed by atoms with Crippen LogP contribution in [-0.4, -0.2) is 28.6 Å². The molecule has 0 aromatic carbocycles. The second kappa shape index (κ2) is 8.37. The molecule has 1 atom stereocenters. The van der Waals surface area contributed by atoms with Crippen molar-refractivity contribution in [3.63, 3.8) is 0 Å². The first-order valence-electron chi connectivity index (χ1n) is 8.18. The van der Waals surface area contributed by atoms with Crippen LogP contribution in [0.1, 0.15) is 65.2 Å². The van der Waals surface area contributed by atoms with E-state index in [-0.39, 0.29) is 5.91 Å². The summed E-state index contributed by atoms with van der Waals surface area (Å²) in [6.45, 7) is 11.0. The van der Waals surface area contributed by atoms with Gasteiger partial charge in [0, 0.05) is 16.5 Å². The van der Waals surface area contributed by atoms with Crippen LogP contribution in [0.15, 0.2) is 6.20 Å². The summed E-state index contributed by atoms with van der Waals surface area (Å²) < 4.78 is 0. The second-order valence-electron chi connectivity index (χ2n) is 7.11. The van der Waals surface area contributed by atoms with Gasteiger partial charge in [0.2, 0.25) is 11.7 Å². The van der Waals surface area contributed by atoms with Crippen LogP contribution in [0.3, 0.4) is 0 Å². The number of hydrogen-bond donors (Lipinski definition) is 2. The quantitative estimate of drug-likeness (QED) is 0.737. The summed E-state index contributed by atoms with van der Waals surface area (Å²) in [4.78, 5) is 41.8. The van der Waals surface area contributed by atoms with Crippen molar-refractivity contribution in [1.82, 2.24) is 10.3 Å². The lowest BCUT2D eigenvalue weighted by Gasteiger charge is -2.20. The van der Waals surface area contributed by atoms with Gasteiger partial charge in [-0.3, -0.25) is 14.4 Å². The summed E-state index contributed by atoms with van der Waals surface area (Å²) in [7, 11) is 0. The normalized spacial score (nSPS) is 12.8. The van der Waals surface area contributed by atoms with E-state index in [1.807, 2.05) is 6.92 Å². The molecule has 6 nitrogen and oxygen atoms in total. The summed E-state index contributed by atoms with van der Waals surface area (Å²) >= 11 is 1.41. The fourth-order valence-electron chi connectivity index (χ4n) is 1.93. The molecule has 134 valence electrons. The average molecular weight is 353 g/mol. The van der Waals surface area contributed by atoms with Crippen LogP contribution in [0.5, 0.6) is 0 Å². The molecule has 0 fully saturated rings. The lowest BCUT2D eigenvalue weighted by Crippen LogP contribution is -2.48. The highest BCUT2D eigenvalue weighted by molar-refractivity contribution is 7.15. The van der Waals surface area contributed by atoms with E-state index in [9.17, 15) is 14.4 Å². The van der Waals surface area contributed by atoms with Crippen LogP contribution in [0.25, 0.3) is 0 Å². The molecule has 1 aromatic rings. The van der Waals surface area contributed by atoms with Crippen molar-refractivity contribution in [2.24, 2.45) is 5.41 Å². The third-order valence-corrected chi connectivity index (χ3v) is 4.62. The molecule has 0 aliphatic carbocycles. The van der Waals surface area contributed by atoms with Gasteiger partial charge in [-0.15, -0.1) is 11.3 Å². The van der Waals surface area contributed by atoms with E-state index in [1.165, 1.54) is 11.3 Å². The molecule has 7 heteroatoms. The molecule has 0 bridgehead atoms. The molecule has 1 aromatic heterocycles. The van der Waals surface area contributed by atoms with Crippen LogP contribution in [-0.2, 0) is 14.4 Å². The molecule has 0 saturated carbocycles. The number of ketones is 1. The molecule has 0 unspecified atom stereocenters. The van der Waals surface area contributed by atoms with Gasteiger partial charge in [-0.25, -0.2) is 4.98 Å². The summed E-state index contributed by atoms with van der Waals surface area (Å²) in [5.74, 6) is -1.27. The number of rotatable bonds is 7. The SMILES string of the molecule is CCC[C@H](NC(=O)C(=O)C(C)(C)C)C(=O)Nc1ncc(C(C)C)s1. The summed E-state index contributed by atoms with van der Waals surface area (Å²) in [6.07, 6.45) is 2.90. The number of nitrogens with one attached hydrogen (secondary N) is 2. The number of hydrogen-bond acceptors (Lipinski definition) is 5. The fraction of sp³-hybridized carbons (Fsp3) is 0.647. The highest BCUT2D eigenvalue weighted by Crippen LogP contribution is 2.25. The van der Waals surface area contributed by atoms with Gasteiger partial charge in [0.1, 0.15) is 6.04 Å². The van der Waals surface area contributed by atoms with E-state index >= 15 is 0 Å². The fourth-order valence-corrected chi connectivity index (χ4v) is 2.75. The lowest BCUT2D eigenvalue weighted by atomic mass is 9.90. The zero-order valence-electron chi connectivity index (χ0n) is 15.2. The maximum Gasteiger partial charge on any atom is 0.288 e. The number of amides is 2. The molecule has 0 aliphatic heterocycles. The third-order valence-electron chi connectivity index (χ3n) is 3.41. The maximum absolute atomic E-state index is 12.4. The molecule has 0 radical (unpaired) electrons. The predicted octanol–water partition coefficient (Wildman–Crippen LogP) is 3.11. The van der Waals surface area contributed by atoms with Crippen molar-refractivity contribution >= 4 is 34.1 Å². The standard InChI is InChI=1S/C17H27N3O3S/c1-7-8-11(19-15(23)13(21)17(4,5)6)14(22)20-16-18-9-12(24-16)10(2)3/h9-11H,7-8H2,1-6H3,(H,19,23)(H,18,20,22)/t11-/m0/s1. The highest BCUT2D eigenvalue weighted by atomic mass is 32.1. The molecule has 0 saturated heterocycles. The van der Waals surface area contributed by atoms with Gasteiger partial charge < -0.3 is 10.6 Å². The van der Waals surface area contributed by atoms with Gasteiger partial charge >= 0.3 is 0 Å². The van der Waals surface area contributed by atoms with Gasteiger partial charge in [0.05, 0.1) is 0 Å². The zero-order valence-corrected chi connectivity index (χ0v) is 16.0. The second-order valence-corrected chi connectivity index (χ2v) is 8.17. The van der Waals surface area contributed by atoms with Crippen LogP contribution in [0.2, 0.25) is 0 Å². The van der Waals surface area contributed by atoms with E-state index < -0.39 is 23.1 Å². The smallest absolute Gasteiger partial charge is 0.288 e. The van der Waals surface area contributed by atoms with Crippen molar-refractivity contribution in [3.05, 3.63) is 11.1 Å². The lowest BCUT2D eigenvalue weighted by molar-refractivity contribution is -0.143. The minimum Gasteiger partial charge on any atom is -0.338 e. The van der Waals surface area contributed by atoms with Crippen LogP contribution >= 0.6 is 11.3 Å². The molecular weight excluding hydrogens is 326 g/mol. The van der Waals surface area contributed by atoms with Gasteiger partial charge in [0.15, 0.2) is 5.13 Å². The van der Waals surface area contributed by atoms with Crippen molar-refractivity contribution < 1.29 is 14.4 Å². The van der Waals surface area contributed by atoms with E-state index in [0.717, 1.165) is 4.88 Å². The molecule has 2 N–H and O–H groups in total. The minimum absolute atomic E-state index is 0.337. The number of anilines is 1. The van der Waals surface area contributed by atoms with Crippen LogP contribution in [0, 0.1) is 5.41 Å². The Morgan fingerprint density at radius 1 is 1.25 bits per heavy atom. The van der Waals surface area contributed by atoms with E-state index in [0.29, 0.717) is 23.9 Å². The van der Waals surface area contributed by atoms with Crippen molar-refractivity contribution in [1.29, 1.82) is 0 Å². The number of carbonyl (C=O) groups is 3. The Kier molecular flexibility index (Phi) is 7.08. The Morgan fingerprint density at radius 2 is 1.88 bits per heavy atom. The molecule has 0 spiro atoms. The summed E-state index contributed by atoms with van der Waals surface area (Å²) in [6, 6.07) is -0.750. The Balaban J connectivity index is 2.77. The van der Waals surface area contributed by atoms with Crippen molar-refractivity contribution in [2.45, 2.75) is 66.3 Å². The molecule has 1 heterocycles. The van der Waals surface area contributed by atoms with Gasteiger partial charge in [-0.05, 0) is 12.3 Å². The highest BCUT2D eigenvalue weighted by Gasteiger charge is 2.31. The van der Waals surface area contributed by atoms with Crippen LogP contribution in [0.4, 0.5) is 5.13 Å². The zero-order chi connectivity index (χ0) is 18.5. The monoisotopic (exact) mass is 353 g/mol. The third kappa shape index (κ3) is 5.70. The number of nitrogens with zero attached hydrogens (tertiary/aromatic N) is 1. The topological polar surface area (TPSA) is 88.2 Å². The average Bonchev–Trinajstić information content (AvgIpc) is 2.93.